The minimum absolute atomic E-state index is 0.0375. The number of carbonyl (C=O) groups is 1. The molecule has 0 spiro atoms. The van der Waals surface area contributed by atoms with Gasteiger partial charge in [0, 0.05) is 35.8 Å². The second-order valence-corrected chi connectivity index (χ2v) is 7.64. The van der Waals surface area contributed by atoms with Gasteiger partial charge in [0.05, 0.1) is 22.8 Å². The summed E-state index contributed by atoms with van der Waals surface area (Å²) in [7, 11) is 0. The first kappa shape index (κ1) is 20.5. The number of aromatic amines is 1. The maximum Gasteiger partial charge on any atom is 0.253 e. The van der Waals surface area contributed by atoms with Crippen molar-refractivity contribution in [2.45, 2.75) is 46.1 Å². The summed E-state index contributed by atoms with van der Waals surface area (Å²) < 4.78 is 0. The third kappa shape index (κ3) is 3.98. The van der Waals surface area contributed by atoms with Crippen LogP contribution in [0, 0.1) is 30.6 Å². The second kappa shape index (κ2) is 8.53. The molecule has 156 valence electrons. The summed E-state index contributed by atoms with van der Waals surface area (Å²) in [5.41, 5.74) is 5.77. The SMILES string of the molecule is CC#CC[C@@H]1CNC(=O)c2cc(-c3cccc4nc(C)c(N[C@H](C)C#CC)nc34)[nH]c21. The van der Waals surface area contributed by atoms with Crippen molar-refractivity contribution in [1.82, 2.24) is 20.3 Å². The Balaban J connectivity index is 1.81. The van der Waals surface area contributed by atoms with E-state index >= 15 is 0 Å². The molecule has 3 N–H and O–H groups in total. The molecule has 6 nitrogen and oxygen atoms in total. The summed E-state index contributed by atoms with van der Waals surface area (Å²) in [4.78, 5) is 25.6. The van der Waals surface area contributed by atoms with E-state index in [1.54, 1.807) is 0 Å². The third-order valence-electron chi connectivity index (χ3n) is 5.41. The Morgan fingerprint density at radius 1 is 1.23 bits per heavy atom. The largest absolute Gasteiger partial charge is 0.357 e. The van der Waals surface area contributed by atoms with Crippen LogP contribution in [0.15, 0.2) is 24.3 Å². The zero-order valence-electron chi connectivity index (χ0n) is 18.2. The van der Waals surface area contributed by atoms with Gasteiger partial charge in [0.2, 0.25) is 0 Å². The molecule has 0 unspecified atom stereocenters. The van der Waals surface area contributed by atoms with Gasteiger partial charge in [0.15, 0.2) is 0 Å². The second-order valence-electron chi connectivity index (χ2n) is 7.64. The van der Waals surface area contributed by atoms with E-state index in [1.165, 1.54) is 0 Å². The smallest absolute Gasteiger partial charge is 0.253 e. The molecule has 1 amide bonds. The summed E-state index contributed by atoms with van der Waals surface area (Å²) in [6.45, 7) is 8.16. The molecule has 0 radical (unpaired) electrons. The highest BCUT2D eigenvalue weighted by Crippen LogP contribution is 2.33. The molecule has 2 aromatic heterocycles. The number of hydrogen-bond donors (Lipinski definition) is 3. The molecule has 6 heteroatoms. The van der Waals surface area contributed by atoms with Crippen LogP contribution in [0.25, 0.3) is 22.3 Å². The van der Waals surface area contributed by atoms with Crippen LogP contribution < -0.4 is 10.6 Å². The maximum atomic E-state index is 12.5. The van der Waals surface area contributed by atoms with Crippen LogP contribution >= 0.6 is 0 Å². The zero-order chi connectivity index (χ0) is 22.0. The van der Waals surface area contributed by atoms with Gasteiger partial charge >= 0.3 is 0 Å². The molecule has 1 aromatic carbocycles. The Morgan fingerprint density at radius 3 is 2.84 bits per heavy atom. The van der Waals surface area contributed by atoms with Gasteiger partial charge < -0.3 is 15.6 Å². The molecule has 4 rings (SSSR count). The van der Waals surface area contributed by atoms with Gasteiger partial charge in [-0.2, -0.15) is 0 Å². The molecule has 1 aliphatic heterocycles. The number of carbonyl (C=O) groups excluding carboxylic acids is 1. The average molecular weight is 412 g/mol. The maximum absolute atomic E-state index is 12.5. The number of aryl methyl sites for hydroxylation is 1. The van der Waals surface area contributed by atoms with Crippen molar-refractivity contribution in [3.8, 4) is 34.9 Å². The first-order valence-corrected chi connectivity index (χ1v) is 10.4. The lowest BCUT2D eigenvalue weighted by molar-refractivity contribution is 0.0940. The summed E-state index contributed by atoms with van der Waals surface area (Å²) in [6, 6.07) is 7.79. The van der Waals surface area contributed by atoms with Crippen molar-refractivity contribution in [2.75, 3.05) is 11.9 Å². The Morgan fingerprint density at radius 2 is 2.06 bits per heavy atom. The summed E-state index contributed by atoms with van der Waals surface area (Å²) in [5, 5.41) is 6.30. The number of amides is 1. The predicted molar refractivity (Wildman–Crippen MR) is 124 cm³/mol. The summed E-state index contributed by atoms with van der Waals surface area (Å²) in [5.74, 6) is 12.9. The number of hydrogen-bond acceptors (Lipinski definition) is 4. The first-order chi connectivity index (χ1) is 15.0. The van der Waals surface area contributed by atoms with Crippen LogP contribution in [0.5, 0.6) is 0 Å². The minimum atomic E-state index is -0.0605. The van der Waals surface area contributed by atoms with Gasteiger partial charge in [0.25, 0.3) is 5.91 Å². The molecule has 0 aliphatic carbocycles. The van der Waals surface area contributed by atoms with Crippen LogP contribution in [-0.4, -0.2) is 33.4 Å². The molecule has 0 saturated heterocycles. The fourth-order valence-corrected chi connectivity index (χ4v) is 3.92. The van der Waals surface area contributed by atoms with E-state index in [0.29, 0.717) is 24.3 Å². The topological polar surface area (TPSA) is 82.7 Å². The highest BCUT2D eigenvalue weighted by molar-refractivity contribution is 6.00. The van der Waals surface area contributed by atoms with Gasteiger partial charge in [-0.1, -0.05) is 18.1 Å². The van der Waals surface area contributed by atoms with Gasteiger partial charge in [-0.25, -0.2) is 9.97 Å². The van der Waals surface area contributed by atoms with Crippen LogP contribution in [-0.2, 0) is 0 Å². The zero-order valence-corrected chi connectivity index (χ0v) is 18.2. The molecule has 3 heterocycles. The Kier molecular flexibility index (Phi) is 5.64. The van der Waals surface area contributed by atoms with Gasteiger partial charge in [-0.15, -0.1) is 17.8 Å². The summed E-state index contributed by atoms with van der Waals surface area (Å²) >= 11 is 0. The highest BCUT2D eigenvalue weighted by atomic mass is 16.1. The third-order valence-corrected chi connectivity index (χ3v) is 5.41. The van der Waals surface area contributed by atoms with E-state index in [4.69, 9.17) is 9.97 Å². The number of para-hydroxylation sites is 1. The number of nitrogens with zero attached hydrogens (tertiary/aromatic N) is 2. The van der Waals surface area contributed by atoms with E-state index in [9.17, 15) is 4.79 Å². The van der Waals surface area contributed by atoms with Gasteiger partial charge in [0.1, 0.15) is 11.3 Å². The van der Waals surface area contributed by atoms with E-state index in [-0.39, 0.29) is 17.9 Å². The van der Waals surface area contributed by atoms with Gasteiger partial charge in [-0.3, -0.25) is 4.79 Å². The normalized spacial score (nSPS) is 15.7. The van der Waals surface area contributed by atoms with Crippen molar-refractivity contribution in [3.05, 3.63) is 41.2 Å². The first-order valence-electron chi connectivity index (χ1n) is 10.4. The molecule has 0 fully saturated rings. The fraction of sp³-hybridized carbons (Fsp3) is 0.320. The van der Waals surface area contributed by atoms with Crippen molar-refractivity contribution < 1.29 is 4.79 Å². The van der Waals surface area contributed by atoms with Gasteiger partial charge in [-0.05, 0) is 39.8 Å². The quantitative estimate of drug-likeness (QED) is 0.567. The van der Waals surface area contributed by atoms with Crippen LogP contribution in [0.1, 0.15) is 54.9 Å². The lowest BCUT2D eigenvalue weighted by atomic mass is 9.94. The standard InChI is InChI=1S/C25H25N5O/c1-5-7-10-17-14-26-25(31)19-13-21(29-22(17)19)18-11-8-12-20-23(18)30-24(16(4)28-20)27-15(3)9-6-2/h8,11-13,15,17,29H,10,14H2,1-4H3,(H,26,31)(H,27,30)/t15-,17-/m1/s1. The van der Waals surface area contributed by atoms with Crippen LogP contribution in [0.4, 0.5) is 5.82 Å². The molecule has 2 atom stereocenters. The Labute approximate surface area is 182 Å². The van der Waals surface area contributed by atoms with E-state index < -0.39 is 0 Å². The number of nitrogens with one attached hydrogen (secondary N) is 3. The van der Waals surface area contributed by atoms with E-state index in [1.807, 2.05) is 52.0 Å². The molecule has 31 heavy (non-hydrogen) atoms. The Bertz CT molecular complexity index is 1280. The molecular weight excluding hydrogens is 386 g/mol. The minimum Gasteiger partial charge on any atom is -0.357 e. The van der Waals surface area contributed by atoms with Crippen LogP contribution in [0.2, 0.25) is 0 Å². The number of aromatic nitrogens is 3. The monoisotopic (exact) mass is 411 g/mol. The number of anilines is 1. The molecule has 0 saturated carbocycles. The average Bonchev–Trinajstić information content (AvgIpc) is 3.20. The molecule has 0 bridgehead atoms. The van der Waals surface area contributed by atoms with Crippen LogP contribution in [0.3, 0.4) is 0 Å². The molecule has 3 aromatic rings. The van der Waals surface area contributed by atoms with Crippen molar-refractivity contribution in [2.24, 2.45) is 0 Å². The molecular formula is C25H25N5O. The van der Waals surface area contributed by atoms with Crippen molar-refractivity contribution in [1.29, 1.82) is 0 Å². The van der Waals surface area contributed by atoms with Crippen molar-refractivity contribution >= 4 is 22.8 Å². The van der Waals surface area contributed by atoms with E-state index in [0.717, 1.165) is 33.7 Å². The molecule has 1 aliphatic rings. The lowest BCUT2D eigenvalue weighted by Crippen LogP contribution is -2.34. The number of benzene rings is 1. The van der Waals surface area contributed by atoms with E-state index in [2.05, 4.69) is 39.3 Å². The predicted octanol–water partition coefficient (Wildman–Crippen LogP) is 4.00. The lowest BCUT2D eigenvalue weighted by Gasteiger charge is -2.21. The number of H-pyrrole nitrogens is 1. The fourth-order valence-electron chi connectivity index (χ4n) is 3.92. The number of rotatable bonds is 4. The Hall–Kier alpha value is -3.77. The van der Waals surface area contributed by atoms with Crippen molar-refractivity contribution in [3.63, 3.8) is 0 Å². The highest BCUT2D eigenvalue weighted by Gasteiger charge is 2.28. The number of fused-ring (bicyclic) bond motifs is 2. The summed E-state index contributed by atoms with van der Waals surface area (Å²) in [6.07, 6.45) is 0.697.